The zero-order chi connectivity index (χ0) is 19.7. The number of pyridine rings is 1. The molecule has 1 N–H and O–H groups in total. The number of hydrogen-bond donors (Lipinski definition) is 1. The number of nitriles is 1. The lowest BCUT2D eigenvalue weighted by molar-refractivity contribution is -0.384. The van der Waals surface area contributed by atoms with Crippen LogP contribution >= 0.6 is 15.9 Å². The van der Waals surface area contributed by atoms with Gasteiger partial charge in [-0.3, -0.25) is 10.1 Å². The molecule has 0 aliphatic rings. The highest BCUT2D eigenvalue weighted by Crippen LogP contribution is 2.27. The first-order chi connectivity index (χ1) is 13.5. The van der Waals surface area contributed by atoms with E-state index in [2.05, 4.69) is 37.0 Å². The van der Waals surface area contributed by atoms with Crippen molar-refractivity contribution in [3.8, 4) is 17.4 Å². The second kappa shape index (κ2) is 7.09. The van der Waals surface area contributed by atoms with Crippen molar-refractivity contribution < 1.29 is 9.34 Å². The number of rotatable bonds is 4. The highest BCUT2D eigenvalue weighted by molar-refractivity contribution is 9.10. The summed E-state index contributed by atoms with van der Waals surface area (Å²) in [6.07, 6.45) is 3.17. The van der Waals surface area contributed by atoms with Crippen LogP contribution in [0.1, 0.15) is 11.6 Å². The number of hydrogen-bond acceptors (Lipinski definition) is 6. The number of H-pyrrole nitrogens is 1. The molecule has 4 rings (SSSR count). The Balaban J connectivity index is 1.68. The number of imidazole rings is 1. The quantitative estimate of drug-likeness (QED) is 0.274. The van der Waals surface area contributed by atoms with Gasteiger partial charge in [0.15, 0.2) is 11.5 Å². The van der Waals surface area contributed by atoms with Gasteiger partial charge in [0, 0.05) is 34.4 Å². The van der Waals surface area contributed by atoms with Gasteiger partial charge in [0.1, 0.15) is 17.6 Å². The number of aromatic nitrogens is 3. The predicted molar refractivity (Wildman–Crippen MR) is 106 cm³/mol. The number of allylic oxidation sites excluding steroid dienone is 1. The molecule has 0 unspecified atom stereocenters. The van der Waals surface area contributed by atoms with Crippen molar-refractivity contribution >= 4 is 44.4 Å². The smallest absolute Gasteiger partial charge is 0.270 e. The molecule has 9 heteroatoms. The van der Waals surface area contributed by atoms with E-state index >= 15 is 0 Å². The van der Waals surface area contributed by atoms with Crippen LogP contribution in [0.3, 0.4) is 0 Å². The Morgan fingerprint density at radius 1 is 1.32 bits per heavy atom. The molecule has 3 aromatic heterocycles. The van der Waals surface area contributed by atoms with Gasteiger partial charge in [-0.2, -0.15) is 5.26 Å². The lowest BCUT2D eigenvalue weighted by Gasteiger charge is -1.97. The maximum absolute atomic E-state index is 10.9. The maximum Gasteiger partial charge on any atom is 0.270 e. The Hall–Kier alpha value is -3.77. The predicted octanol–water partition coefficient (Wildman–Crippen LogP) is 4.95. The minimum atomic E-state index is -0.463. The Kier molecular flexibility index (Phi) is 4.47. The van der Waals surface area contributed by atoms with E-state index < -0.39 is 4.92 Å². The zero-order valence-corrected chi connectivity index (χ0v) is 15.7. The van der Waals surface area contributed by atoms with Gasteiger partial charge >= 0.3 is 0 Å². The van der Waals surface area contributed by atoms with Gasteiger partial charge in [0.25, 0.3) is 5.69 Å². The number of furan rings is 1. The summed E-state index contributed by atoms with van der Waals surface area (Å²) in [5.41, 5.74) is 2.02. The molecular weight excluding hydrogens is 426 g/mol. The number of non-ortho nitro benzene ring substituents is 1. The second-order valence-corrected chi connectivity index (χ2v) is 6.71. The van der Waals surface area contributed by atoms with E-state index in [1.807, 2.05) is 6.07 Å². The van der Waals surface area contributed by atoms with Crippen molar-refractivity contribution in [2.75, 3.05) is 0 Å². The molecule has 4 aromatic rings. The molecule has 0 amide bonds. The van der Waals surface area contributed by atoms with E-state index in [-0.39, 0.29) is 11.3 Å². The van der Waals surface area contributed by atoms with Crippen molar-refractivity contribution in [3.05, 3.63) is 74.8 Å². The summed E-state index contributed by atoms with van der Waals surface area (Å²) in [6.45, 7) is 0. The lowest BCUT2D eigenvalue weighted by Crippen LogP contribution is -1.87. The molecule has 0 bridgehead atoms. The van der Waals surface area contributed by atoms with Crippen LogP contribution in [-0.2, 0) is 0 Å². The van der Waals surface area contributed by atoms with Crippen molar-refractivity contribution in [2.24, 2.45) is 0 Å². The molecule has 28 heavy (non-hydrogen) atoms. The highest BCUT2D eigenvalue weighted by atomic mass is 79.9. The standard InChI is InChI=1S/C19H10BrN5O3/c20-13-8-16-19(22-10-13)24-18(23-16)12(9-21)7-15-4-5-17(28-15)11-2-1-3-14(6-11)25(26)27/h1-8,10H,(H,22,23,24). The van der Waals surface area contributed by atoms with E-state index in [4.69, 9.17) is 4.42 Å². The molecule has 0 fully saturated rings. The SMILES string of the molecule is N#CC(=Cc1ccc(-c2cccc([N+](=O)[O-])c2)o1)c1nc2ncc(Br)cc2[nH]1. The third kappa shape index (κ3) is 3.41. The first kappa shape index (κ1) is 17.6. The fourth-order valence-corrected chi connectivity index (χ4v) is 2.99. The average Bonchev–Trinajstić information content (AvgIpc) is 3.32. The van der Waals surface area contributed by atoms with E-state index in [0.29, 0.717) is 34.1 Å². The normalized spacial score (nSPS) is 11.5. The average molecular weight is 436 g/mol. The summed E-state index contributed by atoms with van der Waals surface area (Å²) in [4.78, 5) is 22.0. The van der Waals surface area contributed by atoms with Crippen LogP contribution in [0.25, 0.3) is 34.1 Å². The first-order valence-corrected chi connectivity index (χ1v) is 8.81. The largest absolute Gasteiger partial charge is 0.457 e. The van der Waals surface area contributed by atoms with E-state index in [9.17, 15) is 15.4 Å². The zero-order valence-electron chi connectivity index (χ0n) is 14.1. The van der Waals surface area contributed by atoms with Crippen LogP contribution < -0.4 is 0 Å². The molecule has 8 nitrogen and oxygen atoms in total. The van der Waals surface area contributed by atoms with Crippen molar-refractivity contribution in [1.29, 1.82) is 5.26 Å². The van der Waals surface area contributed by atoms with E-state index in [1.165, 1.54) is 12.1 Å². The van der Waals surface area contributed by atoms with Crippen LogP contribution in [0.5, 0.6) is 0 Å². The monoisotopic (exact) mass is 435 g/mol. The number of benzene rings is 1. The topological polar surface area (TPSA) is 122 Å². The third-order valence-electron chi connectivity index (χ3n) is 3.93. The van der Waals surface area contributed by atoms with Gasteiger partial charge in [-0.15, -0.1) is 0 Å². The molecule has 0 aliphatic carbocycles. The van der Waals surface area contributed by atoms with Crippen LogP contribution in [0.2, 0.25) is 0 Å². The summed E-state index contributed by atoms with van der Waals surface area (Å²) in [6, 6.07) is 13.4. The number of nitrogens with zero attached hydrogens (tertiary/aromatic N) is 4. The van der Waals surface area contributed by atoms with Crippen LogP contribution in [0, 0.1) is 21.4 Å². The van der Waals surface area contributed by atoms with Gasteiger partial charge in [0.05, 0.1) is 16.0 Å². The van der Waals surface area contributed by atoms with E-state index in [0.717, 1.165) is 4.47 Å². The van der Waals surface area contributed by atoms with Crippen molar-refractivity contribution in [2.45, 2.75) is 0 Å². The van der Waals surface area contributed by atoms with Gasteiger partial charge in [-0.25, -0.2) is 9.97 Å². The molecule has 0 saturated heterocycles. The minimum absolute atomic E-state index is 0.0235. The molecule has 0 spiro atoms. The number of aromatic amines is 1. The molecular formula is C19H10BrN5O3. The second-order valence-electron chi connectivity index (χ2n) is 5.79. The summed E-state index contributed by atoms with van der Waals surface area (Å²) >= 11 is 3.34. The molecule has 136 valence electrons. The Morgan fingerprint density at radius 3 is 2.96 bits per heavy atom. The first-order valence-electron chi connectivity index (χ1n) is 8.01. The van der Waals surface area contributed by atoms with Crippen molar-refractivity contribution in [1.82, 2.24) is 15.0 Å². The van der Waals surface area contributed by atoms with E-state index in [1.54, 1.807) is 36.5 Å². The molecule has 0 atom stereocenters. The van der Waals surface area contributed by atoms with Gasteiger partial charge < -0.3 is 9.40 Å². The fourth-order valence-electron chi connectivity index (χ4n) is 2.66. The van der Waals surface area contributed by atoms with Crippen LogP contribution in [-0.4, -0.2) is 19.9 Å². The molecule has 1 aromatic carbocycles. The maximum atomic E-state index is 10.9. The fraction of sp³-hybridized carbons (Fsp3) is 0. The number of fused-ring (bicyclic) bond motifs is 1. The Bertz CT molecular complexity index is 1280. The molecule has 0 saturated carbocycles. The van der Waals surface area contributed by atoms with Crippen LogP contribution in [0.15, 0.2) is 57.6 Å². The lowest BCUT2D eigenvalue weighted by atomic mass is 10.1. The summed E-state index contributed by atoms with van der Waals surface area (Å²) in [5, 5.41) is 20.5. The number of nitro benzene ring substituents is 1. The summed E-state index contributed by atoms with van der Waals surface area (Å²) in [7, 11) is 0. The molecule has 3 heterocycles. The Morgan fingerprint density at radius 2 is 2.18 bits per heavy atom. The summed E-state index contributed by atoms with van der Waals surface area (Å²) < 4.78 is 6.53. The third-order valence-corrected chi connectivity index (χ3v) is 4.37. The van der Waals surface area contributed by atoms with Crippen LogP contribution in [0.4, 0.5) is 5.69 Å². The van der Waals surface area contributed by atoms with Crippen molar-refractivity contribution in [3.63, 3.8) is 0 Å². The highest BCUT2D eigenvalue weighted by Gasteiger charge is 2.12. The molecule has 0 aliphatic heterocycles. The van der Waals surface area contributed by atoms with Gasteiger partial charge in [0.2, 0.25) is 0 Å². The summed E-state index contributed by atoms with van der Waals surface area (Å²) in [5.74, 6) is 1.26. The molecule has 0 radical (unpaired) electrons. The number of nitrogens with one attached hydrogen (secondary N) is 1. The van der Waals surface area contributed by atoms with Gasteiger partial charge in [-0.1, -0.05) is 12.1 Å². The Labute approximate surface area is 166 Å². The van der Waals surface area contributed by atoms with Gasteiger partial charge in [-0.05, 0) is 34.1 Å². The minimum Gasteiger partial charge on any atom is -0.457 e. The number of nitro groups is 1. The number of halogens is 1.